The Balaban J connectivity index is 1.92. The Morgan fingerprint density at radius 1 is 1.44 bits per heavy atom. The van der Waals surface area contributed by atoms with Crippen LogP contribution in [0, 0.1) is 0 Å². The lowest BCUT2D eigenvalue weighted by atomic mass is 9.88. The van der Waals surface area contributed by atoms with Crippen molar-refractivity contribution in [3.05, 3.63) is 16.0 Å². The molecular formula is C12H16BrN3O2. The summed E-state index contributed by atoms with van der Waals surface area (Å²) in [5, 5.41) is 0. The Morgan fingerprint density at radius 3 is 2.89 bits per heavy atom. The van der Waals surface area contributed by atoms with E-state index in [-0.39, 0.29) is 12.0 Å². The van der Waals surface area contributed by atoms with Gasteiger partial charge >= 0.3 is 0 Å². The molecule has 98 valence electrons. The number of aromatic nitrogens is 2. The maximum atomic E-state index is 5.92. The van der Waals surface area contributed by atoms with Crippen molar-refractivity contribution in [3.8, 4) is 0 Å². The van der Waals surface area contributed by atoms with E-state index in [2.05, 4.69) is 25.9 Å². The zero-order valence-corrected chi connectivity index (χ0v) is 11.8. The molecule has 1 aromatic rings. The molecule has 0 aliphatic carbocycles. The molecule has 0 saturated carbocycles. The highest BCUT2D eigenvalue weighted by Crippen LogP contribution is 2.43. The number of anilines is 1. The second kappa shape index (κ2) is 4.75. The van der Waals surface area contributed by atoms with Gasteiger partial charge < -0.3 is 15.2 Å². The molecule has 6 heteroatoms. The molecule has 0 radical (unpaired) electrons. The predicted molar refractivity (Wildman–Crippen MR) is 70.1 cm³/mol. The Morgan fingerprint density at radius 2 is 2.28 bits per heavy atom. The summed E-state index contributed by atoms with van der Waals surface area (Å²) in [5.41, 5.74) is 6.73. The molecule has 2 N–H and O–H groups in total. The number of methoxy groups -OCH3 is 1. The van der Waals surface area contributed by atoms with Crippen LogP contribution in [0.1, 0.15) is 36.7 Å². The number of hydrogen-bond acceptors (Lipinski definition) is 5. The van der Waals surface area contributed by atoms with E-state index in [0.717, 1.165) is 35.3 Å². The third kappa shape index (κ3) is 2.02. The van der Waals surface area contributed by atoms with E-state index in [1.54, 1.807) is 7.11 Å². The highest BCUT2D eigenvalue weighted by molar-refractivity contribution is 9.10. The Kier molecular flexibility index (Phi) is 3.25. The molecule has 5 nitrogen and oxygen atoms in total. The summed E-state index contributed by atoms with van der Waals surface area (Å²) < 4.78 is 11.7. The molecule has 18 heavy (non-hydrogen) atoms. The van der Waals surface area contributed by atoms with Gasteiger partial charge in [0, 0.05) is 13.0 Å². The molecule has 2 fully saturated rings. The molecule has 1 aromatic heterocycles. The van der Waals surface area contributed by atoms with Crippen LogP contribution < -0.4 is 5.73 Å². The molecular weight excluding hydrogens is 298 g/mol. The largest absolute Gasteiger partial charge is 0.383 e. The normalized spacial score (nSPS) is 30.0. The number of ether oxygens (including phenoxy) is 2. The molecule has 2 aliphatic rings. The summed E-state index contributed by atoms with van der Waals surface area (Å²) in [5.74, 6) is 1.57. The minimum Gasteiger partial charge on any atom is -0.383 e. The second-order valence-corrected chi connectivity index (χ2v) is 5.67. The van der Waals surface area contributed by atoms with Crippen LogP contribution in [0.15, 0.2) is 4.47 Å². The van der Waals surface area contributed by atoms with Crippen LogP contribution in [-0.2, 0) is 16.1 Å². The van der Waals surface area contributed by atoms with Crippen LogP contribution in [0.3, 0.4) is 0 Å². The molecule has 2 saturated heterocycles. The Labute approximate surface area is 114 Å². The van der Waals surface area contributed by atoms with Crippen molar-refractivity contribution < 1.29 is 9.47 Å². The number of hydrogen-bond donors (Lipinski definition) is 1. The monoisotopic (exact) mass is 313 g/mol. The van der Waals surface area contributed by atoms with Gasteiger partial charge in [-0.05, 0) is 35.2 Å². The van der Waals surface area contributed by atoms with Crippen molar-refractivity contribution in [2.24, 2.45) is 0 Å². The number of nitrogens with two attached hydrogens (primary N) is 1. The van der Waals surface area contributed by atoms with Crippen molar-refractivity contribution in [1.29, 1.82) is 0 Å². The van der Waals surface area contributed by atoms with Crippen LogP contribution in [-0.4, -0.2) is 29.3 Å². The van der Waals surface area contributed by atoms with Crippen molar-refractivity contribution in [2.45, 2.75) is 44.0 Å². The van der Waals surface area contributed by atoms with Crippen LogP contribution in [0.2, 0.25) is 0 Å². The van der Waals surface area contributed by atoms with E-state index in [0.29, 0.717) is 18.5 Å². The number of nitrogens with zero attached hydrogens (tertiary/aromatic N) is 2. The molecule has 0 amide bonds. The Hall–Kier alpha value is -0.720. The predicted octanol–water partition coefficient (Wildman–Crippen LogP) is 2.00. The van der Waals surface area contributed by atoms with Crippen molar-refractivity contribution in [1.82, 2.24) is 9.97 Å². The van der Waals surface area contributed by atoms with Crippen LogP contribution in [0.25, 0.3) is 0 Å². The highest BCUT2D eigenvalue weighted by atomic mass is 79.9. The van der Waals surface area contributed by atoms with Gasteiger partial charge in [0.15, 0.2) is 0 Å². The molecule has 3 unspecified atom stereocenters. The first-order chi connectivity index (χ1) is 8.69. The van der Waals surface area contributed by atoms with Gasteiger partial charge in [-0.2, -0.15) is 0 Å². The van der Waals surface area contributed by atoms with E-state index in [4.69, 9.17) is 15.2 Å². The number of rotatable bonds is 3. The van der Waals surface area contributed by atoms with Crippen molar-refractivity contribution >= 4 is 21.7 Å². The van der Waals surface area contributed by atoms with Gasteiger partial charge in [-0.3, -0.25) is 0 Å². The van der Waals surface area contributed by atoms with E-state index in [1.165, 1.54) is 0 Å². The zero-order chi connectivity index (χ0) is 12.7. The lowest BCUT2D eigenvalue weighted by Gasteiger charge is -2.18. The molecule has 0 aromatic carbocycles. The molecule has 3 atom stereocenters. The van der Waals surface area contributed by atoms with E-state index >= 15 is 0 Å². The number of fused-ring (bicyclic) bond motifs is 2. The maximum Gasteiger partial charge on any atom is 0.141 e. The van der Waals surface area contributed by atoms with E-state index < -0.39 is 0 Å². The fourth-order valence-corrected chi connectivity index (χ4v) is 3.13. The molecule has 2 bridgehead atoms. The van der Waals surface area contributed by atoms with Gasteiger partial charge in [-0.1, -0.05) is 0 Å². The summed E-state index contributed by atoms with van der Waals surface area (Å²) in [4.78, 5) is 8.98. The van der Waals surface area contributed by atoms with Gasteiger partial charge in [0.1, 0.15) is 11.6 Å². The second-order valence-electron chi connectivity index (χ2n) is 4.88. The number of nitrogen functional groups attached to an aromatic ring is 1. The first kappa shape index (κ1) is 12.3. The van der Waals surface area contributed by atoms with Gasteiger partial charge in [0.2, 0.25) is 0 Å². The average Bonchev–Trinajstić information content (AvgIpc) is 2.97. The van der Waals surface area contributed by atoms with Gasteiger partial charge in [-0.25, -0.2) is 9.97 Å². The fraction of sp³-hybridized carbons (Fsp3) is 0.667. The third-order valence-electron chi connectivity index (χ3n) is 3.68. The summed E-state index contributed by atoms with van der Waals surface area (Å²) in [7, 11) is 1.64. The lowest BCUT2D eigenvalue weighted by molar-refractivity contribution is 0.0998. The third-order valence-corrected chi connectivity index (χ3v) is 4.55. The first-order valence-electron chi connectivity index (χ1n) is 6.15. The number of halogens is 1. The van der Waals surface area contributed by atoms with Gasteiger partial charge in [-0.15, -0.1) is 0 Å². The first-order valence-corrected chi connectivity index (χ1v) is 6.94. The van der Waals surface area contributed by atoms with Crippen molar-refractivity contribution in [3.63, 3.8) is 0 Å². The van der Waals surface area contributed by atoms with Gasteiger partial charge in [0.05, 0.1) is 29.0 Å². The fourth-order valence-electron chi connectivity index (χ4n) is 2.84. The molecule has 3 rings (SSSR count). The lowest BCUT2D eigenvalue weighted by Crippen LogP contribution is -2.19. The Bertz CT molecular complexity index is 469. The van der Waals surface area contributed by atoms with Crippen LogP contribution in [0.4, 0.5) is 5.82 Å². The smallest absolute Gasteiger partial charge is 0.141 e. The highest BCUT2D eigenvalue weighted by Gasteiger charge is 2.43. The average molecular weight is 314 g/mol. The minimum absolute atomic E-state index is 0.269. The quantitative estimate of drug-likeness (QED) is 0.924. The SMILES string of the molecule is COCc1nc(C2CC3CCC2O3)nc(N)c1Br. The van der Waals surface area contributed by atoms with E-state index in [9.17, 15) is 0 Å². The summed E-state index contributed by atoms with van der Waals surface area (Å²) in [6.07, 6.45) is 3.94. The van der Waals surface area contributed by atoms with Crippen LogP contribution in [0.5, 0.6) is 0 Å². The summed E-state index contributed by atoms with van der Waals surface area (Å²) >= 11 is 3.40. The topological polar surface area (TPSA) is 70.3 Å². The summed E-state index contributed by atoms with van der Waals surface area (Å²) in [6.45, 7) is 0.433. The summed E-state index contributed by atoms with van der Waals surface area (Å²) in [6, 6.07) is 0. The standard InChI is InChI=1S/C12H16BrN3O2/c1-17-5-8-10(13)11(14)16-12(15-8)7-4-6-2-3-9(7)18-6/h6-7,9H,2-5H2,1H3,(H2,14,15,16). The maximum absolute atomic E-state index is 5.92. The molecule has 2 aliphatic heterocycles. The van der Waals surface area contributed by atoms with Crippen molar-refractivity contribution in [2.75, 3.05) is 12.8 Å². The molecule has 3 heterocycles. The zero-order valence-electron chi connectivity index (χ0n) is 10.2. The molecule has 0 spiro atoms. The minimum atomic E-state index is 0.269. The van der Waals surface area contributed by atoms with Gasteiger partial charge in [0.25, 0.3) is 0 Å². The van der Waals surface area contributed by atoms with Crippen LogP contribution >= 0.6 is 15.9 Å². The van der Waals surface area contributed by atoms with E-state index in [1.807, 2.05) is 0 Å².